The Kier molecular flexibility index (Phi) is 3.82. The Labute approximate surface area is 346 Å². The predicted octanol–water partition coefficient (Wildman–Crippen LogP) is 15.4. The van der Waals surface area contributed by atoms with Crippen LogP contribution >= 0.6 is 0 Å². The average molecular weight is 716 g/mol. The van der Waals surface area contributed by atoms with Gasteiger partial charge in [-0.15, -0.1) is 0 Å². The molecule has 1 heteroatoms. The molecule has 0 aliphatic heterocycles. The molecule has 0 spiro atoms. The third kappa shape index (κ3) is 4.71. The Hall–Kier alpha value is -6.18. The Morgan fingerprint density at radius 3 is 1.91 bits per heavy atom. The number of rotatable bonds is 3. The molecule has 260 valence electrons. The van der Waals surface area contributed by atoms with E-state index in [0.29, 0.717) is 32.8 Å². The van der Waals surface area contributed by atoms with E-state index in [1.807, 2.05) is 0 Å². The van der Waals surface area contributed by atoms with Gasteiger partial charge >= 0.3 is 0 Å². The van der Waals surface area contributed by atoms with Crippen molar-refractivity contribution in [3.8, 4) is 33.4 Å². The highest BCUT2D eigenvalue weighted by molar-refractivity contribution is 6.23. The fraction of sp³-hybridized carbons (Fsp3) is 0.132. The second-order valence-corrected chi connectivity index (χ2v) is 13.8. The highest BCUT2D eigenvalue weighted by Crippen LogP contribution is 2.48. The Morgan fingerprint density at radius 1 is 0.389 bits per heavy atom. The summed E-state index contributed by atoms with van der Waals surface area (Å²) in [5.41, 5.74) is -0.320. The minimum Gasteiger partial charge on any atom is -0.455 e. The lowest BCUT2D eigenvalue weighted by Crippen LogP contribution is -1.94. The van der Waals surface area contributed by atoms with Crippen LogP contribution in [0, 0.1) is 48.5 Å². The van der Waals surface area contributed by atoms with E-state index in [1.165, 1.54) is 20.8 Å². The van der Waals surface area contributed by atoms with Crippen LogP contribution in [0.25, 0.3) is 98.4 Å². The van der Waals surface area contributed by atoms with Gasteiger partial charge in [-0.05, 0) is 153 Å². The molecule has 0 atom stereocenters. The van der Waals surface area contributed by atoms with Crippen LogP contribution in [0.5, 0.6) is 0 Å². The first-order valence-corrected chi connectivity index (χ1v) is 17.4. The third-order valence-corrected chi connectivity index (χ3v) is 10.3. The van der Waals surface area contributed by atoms with Crippen LogP contribution in [0.4, 0.5) is 0 Å². The first-order valence-electron chi connectivity index (χ1n) is 27.9. The van der Waals surface area contributed by atoms with Crippen LogP contribution < -0.4 is 0 Å². The molecule has 1 heterocycles. The Morgan fingerprint density at radius 2 is 1.07 bits per heavy atom. The number of fused-ring (bicyclic) bond motifs is 7. The maximum absolute atomic E-state index is 9.99. The number of hydrogen-bond acceptors (Lipinski definition) is 1. The van der Waals surface area contributed by atoms with Crippen molar-refractivity contribution in [3.63, 3.8) is 0 Å². The van der Waals surface area contributed by atoms with Crippen molar-refractivity contribution in [1.29, 1.82) is 0 Å². The van der Waals surface area contributed by atoms with Crippen LogP contribution in [-0.2, 0) is 0 Å². The average Bonchev–Trinajstić information content (AvgIpc) is 3.80. The first kappa shape index (κ1) is 17.3. The molecule has 9 aromatic carbocycles. The van der Waals surface area contributed by atoms with E-state index in [-0.39, 0.29) is 101 Å². The van der Waals surface area contributed by atoms with Crippen molar-refractivity contribution in [2.24, 2.45) is 0 Å². The van der Waals surface area contributed by atoms with Crippen molar-refractivity contribution in [2.75, 3.05) is 0 Å². The summed E-state index contributed by atoms with van der Waals surface area (Å²) in [6.45, 7) is 10.8. The zero-order valence-corrected chi connectivity index (χ0v) is 30.4. The fourth-order valence-corrected chi connectivity index (χ4v) is 7.79. The Balaban J connectivity index is 1.44. The molecular formula is C53H42O. The largest absolute Gasteiger partial charge is 0.455 e. The summed E-state index contributed by atoms with van der Waals surface area (Å²) >= 11 is 0. The zero-order valence-electron chi connectivity index (χ0n) is 51.4. The van der Waals surface area contributed by atoms with Gasteiger partial charge in [0, 0.05) is 16.3 Å². The van der Waals surface area contributed by atoms with Crippen molar-refractivity contribution in [3.05, 3.63) is 166 Å². The molecule has 0 aliphatic carbocycles. The van der Waals surface area contributed by atoms with E-state index in [0.717, 1.165) is 0 Å². The molecule has 0 aliphatic rings. The van der Waals surface area contributed by atoms with Gasteiger partial charge in [0.1, 0.15) is 11.2 Å². The maximum atomic E-state index is 9.99. The van der Waals surface area contributed by atoms with Crippen molar-refractivity contribution in [1.82, 2.24) is 0 Å². The minimum atomic E-state index is -0.820. The van der Waals surface area contributed by atoms with Gasteiger partial charge in [-0.1, -0.05) is 132 Å². The van der Waals surface area contributed by atoms with E-state index >= 15 is 0 Å². The molecule has 1 aromatic heterocycles. The predicted molar refractivity (Wildman–Crippen MR) is 233 cm³/mol. The first-order chi connectivity index (χ1) is 35.0. The highest BCUT2D eigenvalue weighted by atomic mass is 16.3. The summed E-state index contributed by atoms with van der Waals surface area (Å²) in [6.07, 6.45) is 0. The van der Waals surface area contributed by atoms with Gasteiger partial charge in [-0.25, -0.2) is 0 Å². The lowest BCUT2D eigenvalue weighted by Gasteiger charge is -2.20. The molecule has 0 saturated heterocycles. The van der Waals surface area contributed by atoms with Crippen molar-refractivity contribution < 1.29 is 33.2 Å². The Bertz CT molecular complexity index is 4330. The molecule has 10 aromatic rings. The normalized spacial score (nSPS) is 17.4. The van der Waals surface area contributed by atoms with Crippen LogP contribution in [0.15, 0.2) is 131 Å². The second-order valence-electron chi connectivity index (χ2n) is 13.8. The van der Waals surface area contributed by atoms with Gasteiger partial charge in [0.15, 0.2) is 0 Å². The van der Waals surface area contributed by atoms with Gasteiger partial charge in [-0.3, -0.25) is 0 Å². The van der Waals surface area contributed by atoms with E-state index in [4.69, 9.17) is 18.1 Å². The molecule has 1 nitrogen and oxygen atoms in total. The SMILES string of the molecule is [2H]c1c([2H])c(-c2c3c([2H])c([2H])c([2H])c([2H])c3c(-c3c([2H])c([2H])c4c([2H])c([2H])c(C)c([2H])c4c3[2H])c3c([2H])c([2H])c(C)c([2H])c23)c(C)c([2H])c1-c1c([2H])c([2H])c(C)c2oc3c(C)c4c(C)c([2H])c([2H])c([2H])c4c(C)c3c12. The molecule has 0 N–H and O–H groups in total. The monoisotopic (exact) mass is 715 g/mol. The molecule has 0 radical (unpaired) electrons. The van der Waals surface area contributed by atoms with E-state index in [9.17, 15) is 15.1 Å². The van der Waals surface area contributed by atoms with Gasteiger partial charge in [0.05, 0.1) is 28.8 Å². The quantitative estimate of drug-likeness (QED) is 0.166. The summed E-state index contributed by atoms with van der Waals surface area (Å²) in [6, 6.07) is -11.6. The van der Waals surface area contributed by atoms with Gasteiger partial charge in [0.25, 0.3) is 0 Å². The van der Waals surface area contributed by atoms with Crippen LogP contribution in [0.2, 0.25) is 0 Å². The molecule has 10 rings (SSSR count). The minimum absolute atomic E-state index is 0.0280. The van der Waals surface area contributed by atoms with Crippen LogP contribution in [0.1, 0.15) is 67.7 Å². The summed E-state index contributed by atoms with van der Waals surface area (Å²) in [4.78, 5) is 0. The van der Waals surface area contributed by atoms with E-state index in [1.54, 1.807) is 27.7 Å². The molecule has 0 unspecified atom stereocenters. The van der Waals surface area contributed by atoms with Crippen molar-refractivity contribution in [2.45, 2.75) is 48.5 Å². The molecule has 0 fully saturated rings. The van der Waals surface area contributed by atoms with Gasteiger partial charge in [-0.2, -0.15) is 0 Å². The summed E-state index contributed by atoms with van der Waals surface area (Å²) in [7, 11) is 0. The molecular weight excluding hydrogens is 653 g/mol. The second kappa shape index (κ2) is 11.9. The smallest absolute Gasteiger partial charge is 0.139 e. The molecule has 0 bridgehead atoms. The maximum Gasteiger partial charge on any atom is 0.139 e. The zero-order chi connectivity index (χ0) is 55.3. The van der Waals surface area contributed by atoms with Crippen LogP contribution in [0.3, 0.4) is 0 Å². The molecule has 0 amide bonds. The molecule has 54 heavy (non-hydrogen) atoms. The van der Waals surface area contributed by atoms with E-state index in [2.05, 4.69) is 0 Å². The topological polar surface area (TPSA) is 13.1 Å². The third-order valence-electron chi connectivity index (χ3n) is 10.3. The molecule has 0 saturated carbocycles. The van der Waals surface area contributed by atoms with Gasteiger partial charge < -0.3 is 4.42 Å². The fourth-order valence-electron chi connectivity index (χ4n) is 7.79. The lowest BCUT2D eigenvalue weighted by atomic mass is 9.83. The number of aryl methyl sites for hydroxylation is 4. The van der Waals surface area contributed by atoms with Crippen molar-refractivity contribution >= 4 is 65.0 Å². The van der Waals surface area contributed by atoms with Crippen LogP contribution in [-0.4, -0.2) is 0 Å². The number of benzene rings is 9. The summed E-state index contributed by atoms with van der Waals surface area (Å²) < 4.78 is 201. The standard InChI is InChI=1S/C53H42O/c1-29-15-18-36-19-20-38(28-39(36)25-29)49-43-12-8-9-13-44(43)50(46-26-30(2)16-22-45(46)49)40-24-21-37(27-33(40)5)42-23-17-32(4)52-51(42)48-34(6)41-14-10-11-31(3)47(41)35(7)53(48)54-52/h8-28H,1-7H3/i8D,9D,10D,11D,12D,13D,14D,15D,16D,17D,18D,19D,20D,21D,22D,23D,24D,25D,26D,27D,28D. The van der Waals surface area contributed by atoms with E-state index < -0.39 is 130 Å². The highest BCUT2D eigenvalue weighted by Gasteiger charge is 2.23. The number of hydrogen-bond donors (Lipinski definition) is 0. The summed E-state index contributed by atoms with van der Waals surface area (Å²) in [5.74, 6) is 0. The lowest BCUT2D eigenvalue weighted by molar-refractivity contribution is 0.663. The summed E-state index contributed by atoms with van der Waals surface area (Å²) in [5, 5.41) is -0.948. The number of furan rings is 1. The van der Waals surface area contributed by atoms with Gasteiger partial charge in [0.2, 0.25) is 0 Å².